The van der Waals surface area contributed by atoms with Crippen molar-refractivity contribution in [2.75, 3.05) is 26.3 Å². The zero-order valence-corrected chi connectivity index (χ0v) is 13.7. The Morgan fingerprint density at radius 1 is 1.48 bits per heavy atom. The molecule has 23 heavy (non-hydrogen) atoms. The van der Waals surface area contributed by atoms with Gasteiger partial charge in [-0.25, -0.2) is 0 Å². The van der Waals surface area contributed by atoms with E-state index in [-0.39, 0.29) is 25.7 Å². The third kappa shape index (κ3) is 4.67. The zero-order valence-electron chi connectivity index (χ0n) is 12.9. The van der Waals surface area contributed by atoms with Gasteiger partial charge in [0.2, 0.25) is 0 Å². The minimum absolute atomic E-state index is 0.214. The van der Waals surface area contributed by atoms with Gasteiger partial charge in [-0.15, -0.1) is 0 Å². The van der Waals surface area contributed by atoms with E-state index in [1.807, 2.05) is 18.2 Å². The van der Waals surface area contributed by atoms with Crippen LogP contribution in [0.1, 0.15) is 25.0 Å². The molecule has 1 aliphatic rings. The molecule has 1 saturated heterocycles. The number of carbonyl (C=O) groups excluding carboxylic acids is 2. The van der Waals surface area contributed by atoms with E-state index in [0.29, 0.717) is 18.2 Å². The second kappa shape index (κ2) is 8.29. The van der Waals surface area contributed by atoms with Gasteiger partial charge >= 0.3 is 5.97 Å². The van der Waals surface area contributed by atoms with Crippen LogP contribution in [0.2, 0.25) is 5.02 Å². The van der Waals surface area contributed by atoms with Crippen molar-refractivity contribution in [2.24, 2.45) is 0 Å². The lowest BCUT2D eigenvalue weighted by molar-refractivity contribution is -0.155. The Bertz CT molecular complexity index is 565. The minimum atomic E-state index is -1.40. The number of halogens is 1. The fraction of sp³-hybridized carbons (Fsp3) is 0.500. The maximum absolute atomic E-state index is 12.3. The van der Waals surface area contributed by atoms with E-state index in [0.717, 1.165) is 5.56 Å². The van der Waals surface area contributed by atoms with Gasteiger partial charge in [-0.3, -0.25) is 9.59 Å². The molecule has 2 rings (SSSR count). The molecular formula is C16H20ClNO5. The van der Waals surface area contributed by atoms with Crippen molar-refractivity contribution in [1.82, 2.24) is 4.90 Å². The van der Waals surface area contributed by atoms with Crippen molar-refractivity contribution in [2.45, 2.75) is 25.6 Å². The second-order valence-corrected chi connectivity index (χ2v) is 5.60. The Morgan fingerprint density at radius 3 is 2.91 bits per heavy atom. The molecular weight excluding hydrogens is 322 g/mol. The fourth-order valence-electron chi connectivity index (χ4n) is 2.45. The van der Waals surface area contributed by atoms with Gasteiger partial charge < -0.3 is 19.5 Å². The van der Waals surface area contributed by atoms with Crippen molar-refractivity contribution in [1.29, 1.82) is 0 Å². The lowest BCUT2D eigenvalue weighted by Gasteiger charge is -2.34. The van der Waals surface area contributed by atoms with E-state index in [9.17, 15) is 14.7 Å². The van der Waals surface area contributed by atoms with Gasteiger partial charge in [0.05, 0.1) is 26.2 Å². The Hall–Kier alpha value is -1.63. The van der Waals surface area contributed by atoms with E-state index < -0.39 is 18.0 Å². The molecule has 1 aromatic rings. The first kappa shape index (κ1) is 17.7. The number of ether oxygens (including phenoxy) is 2. The van der Waals surface area contributed by atoms with Crippen LogP contribution in [0.3, 0.4) is 0 Å². The Kier molecular flexibility index (Phi) is 6.38. The highest BCUT2D eigenvalue weighted by Gasteiger charge is 2.31. The van der Waals surface area contributed by atoms with Gasteiger partial charge in [0, 0.05) is 17.1 Å². The topological polar surface area (TPSA) is 76.1 Å². The van der Waals surface area contributed by atoms with Crippen LogP contribution in [0.25, 0.3) is 0 Å². The summed E-state index contributed by atoms with van der Waals surface area (Å²) in [6.45, 7) is 2.87. The summed E-state index contributed by atoms with van der Waals surface area (Å²) in [5.74, 6) is -1.09. The number of esters is 1. The number of carbonyl (C=O) groups is 2. The number of aliphatic hydroxyl groups excluding tert-OH is 1. The van der Waals surface area contributed by atoms with E-state index in [2.05, 4.69) is 0 Å². The van der Waals surface area contributed by atoms with E-state index in [4.69, 9.17) is 21.1 Å². The van der Waals surface area contributed by atoms with Crippen LogP contribution in [0.15, 0.2) is 24.3 Å². The number of hydrogen-bond acceptors (Lipinski definition) is 5. The second-order valence-electron chi connectivity index (χ2n) is 5.19. The predicted octanol–water partition coefficient (Wildman–Crippen LogP) is 1.55. The normalized spacial score (nSPS) is 19.3. The molecule has 1 heterocycles. The highest BCUT2D eigenvalue weighted by molar-refractivity contribution is 6.31. The van der Waals surface area contributed by atoms with Crippen molar-refractivity contribution in [3.05, 3.63) is 34.9 Å². The largest absolute Gasteiger partial charge is 0.466 e. The molecule has 0 saturated carbocycles. The smallest absolute Gasteiger partial charge is 0.308 e. The number of nitrogens with zero attached hydrogens (tertiary/aromatic N) is 1. The summed E-state index contributed by atoms with van der Waals surface area (Å²) in [5, 5.41) is 10.5. The molecule has 1 fully saturated rings. The maximum atomic E-state index is 12.3. The van der Waals surface area contributed by atoms with Crippen LogP contribution in [0.4, 0.5) is 0 Å². The average Bonchev–Trinajstić information content (AvgIpc) is 2.55. The lowest BCUT2D eigenvalue weighted by atomic mass is 10.1. The highest BCUT2D eigenvalue weighted by atomic mass is 35.5. The van der Waals surface area contributed by atoms with Crippen LogP contribution in [0.5, 0.6) is 0 Å². The SMILES string of the molecule is CCOC(=O)C[C@@H](O)C(=O)N1CCO[C@H](c2ccccc2Cl)C1. The van der Waals surface area contributed by atoms with Gasteiger partial charge in [-0.2, -0.15) is 0 Å². The highest BCUT2D eigenvalue weighted by Crippen LogP contribution is 2.28. The Labute approximate surface area is 139 Å². The summed E-state index contributed by atoms with van der Waals surface area (Å²) in [6.07, 6.45) is -2.10. The molecule has 0 aliphatic carbocycles. The van der Waals surface area contributed by atoms with Crippen LogP contribution in [-0.4, -0.2) is 54.3 Å². The van der Waals surface area contributed by atoms with Gasteiger partial charge in [0.15, 0.2) is 0 Å². The number of amides is 1. The molecule has 0 radical (unpaired) electrons. The molecule has 0 aromatic heterocycles. The number of hydrogen-bond donors (Lipinski definition) is 1. The summed E-state index contributed by atoms with van der Waals surface area (Å²) in [5.41, 5.74) is 0.798. The summed E-state index contributed by atoms with van der Waals surface area (Å²) >= 11 is 6.16. The molecule has 1 aromatic carbocycles. The molecule has 126 valence electrons. The molecule has 7 heteroatoms. The molecule has 2 atom stereocenters. The third-order valence-electron chi connectivity index (χ3n) is 3.58. The molecule has 0 bridgehead atoms. The number of aliphatic hydroxyl groups is 1. The van der Waals surface area contributed by atoms with Gasteiger partial charge in [-0.05, 0) is 13.0 Å². The molecule has 1 aliphatic heterocycles. The summed E-state index contributed by atoms with van der Waals surface area (Å²) < 4.78 is 10.4. The Morgan fingerprint density at radius 2 is 2.22 bits per heavy atom. The van der Waals surface area contributed by atoms with E-state index >= 15 is 0 Å². The van der Waals surface area contributed by atoms with Gasteiger partial charge in [-0.1, -0.05) is 29.8 Å². The molecule has 6 nitrogen and oxygen atoms in total. The van der Waals surface area contributed by atoms with Crippen LogP contribution in [0, 0.1) is 0 Å². The first-order valence-corrected chi connectivity index (χ1v) is 7.89. The zero-order chi connectivity index (χ0) is 16.8. The third-order valence-corrected chi connectivity index (χ3v) is 3.92. The van der Waals surface area contributed by atoms with Crippen LogP contribution in [-0.2, 0) is 19.1 Å². The number of rotatable bonds is 5. The summed E-state index contributed by atoms with van der Waals surface area (Å²) in [7, 11) is 0. The van der Waals surface area contributed by atoms with Crippen molar-refractivity contribution in [3.8, 4) is 0 Å². The number of morpholine rings is 1. The standard InChI is InChI=1S/C16H20ClNO5/c1-2-22-15(20)9-13(19)16(21)18-7-8-23-14(10-18)11-5-3-4-6-12(11)17/h3-6,13-14,19H,2,7-10H2,1H3/t13-,14+/m1/s1. The van der Waals surface area contributed by atoms with Gasteiger partial charge in [0.25, 0.3) is 5.91 Å². The van der Waals surface area contributed by atoms with Crippen molar-refractivity contribution >= 4 is 23.5 Å². The maximum Gasteiger partial charge on any atom is 0.308 e. The molecule has 1 N–H and O–H groups in total. The molecule has 0 spiro atoms. The first-order valence-electron chi connectivity index (χ1n) is 7.51. The predicted molar refractivity (Wildman–Crippen MR) is 84.0 cm³/mol. The van der Waals surface area contributed by atoms with E-state index in [1.54, 1.807) is 13.0 Å². The van der Waals surface area contributed by atoms with Crippen LogP contribution < -0.4 is 0 Å². The van der Waals surface area contributed by atoms with Crippen molar-refractivity contribution < 1.29 is 24.2 Å². The van der Waals surface area contributed by atoms with Crippen LogP contribution >= 0.6 is 11.6 Å². The first-order chi connectivity index (χ1) is 11.0. The Balaban J connectivity index is 1.99. The van der Waals surface area contributed by atoms with Crippen molar-refractivity contribution in [3.63, 3.8) is 0 Å². The fourth-order valence-corrected chi connectivity index (χ4v) is 2.71. The average molecular weight is 342 g/mol. The van der Waals surface area contributed by atoms with Gasteiger partial charge in [0.1, 0.15) is 12.2 Å². The lowest BCUT2D eigenvalue weighted by Crippen LogP contribution is -2.47. The monoisotopic (exact) mass is 341 g/mol. The number of benzene rings is 1. The summed E-state index contributed by atoms with van der Waals surface area (Å²) in [4.78, 5) is 25.1. The molecule has 1 amide bonds. The summed E-state index contributed by atoms with van der Waals surface area (Å²) in [6, 6.07) is 7.27. The van der Waals surface area contributed by atoms with E-state index in [1.165, 1.54) is 4.90 Å². The molecule has 0 unspecified atom stereocenters. The minimum Gasteiger partial charge on any atom is -0.466 e. The quantitative estimate of drug-likeness (QED) is 0.822.